The van der Waals surface area contributed by atoms with E-state index in [-0.39, 0.29) is 18.5 Å². The van der Waals surface area contributed by atoms with E-state index in [1.165, 1.54) is 18.9 Å². The molecule has 0 aromatic heterocycles. The molecule has 0 saturated heterocycles. The maximum Gasteiger partial charge on any atom is 0.191 e. The monoisotopic (exact) mass is 323 g/mol. The Bertz CT molecular complexity index is 533. The number of rotatable bonds is 8. The van der Waals surface area contributed by atoms with E-state index >= 15 is 0 Å². The zero-order chi connectivity index (χ0) is 16.7. The van der Waals surface area contributed by atoms with Crippen LogP contribution in [0.25, 0.3) is 0 Å². The number of halogens is 1. The van der Waals surface area contributed by atoms with Crippen LogP contribution in [0, 0.1) is 11.7 Å². The van der Waals surface area contributed by atoms with Gasteiger partial charge in [0.25, 0.3) is 0 Å². The fourth-order valence-electron chi connectivity index (χ4n) is 2.17. The zero-order valence-electron chi connectivity index (χ0n) is 13.8. The predicted molar refractivity (Wildman–Crippen MR) is 89.2 cm³/mol. The Kier molecular flexibility index (Phi) is 6.65. The van der Waals surface area contributed by atoms with Crippen molar-refractivity contribution in [3.63, 3.8) is 0 Å². The molecule has 1 fully saturated rings. The van der Waals surface area contributed by atoms with Crippen molar-refractivity contribution in [3.05, 3.63) is 29.6 Å². The van der Waals surface area contributed by atoms with Crippen LogP contribution >= 0.6 is 0 Å². The fraction of sp³-hybridized carbons (Fsp3) is 0.588. The average Bonchev–Trinajstić information content (AvgIpc) is 3.35. The molecule has 0 radical (unpaired) electrons. The summed E-state index contributed by atoms with van der Waals surface area (Å²) >= 11 is 0. The number of ether oxygens (including phenoxy) is 1. The minimum Gasteiger partial charge on any atom is -0.490 e. The summed E-state index contributed by atoms with van der Waals surface area (Å²) in [6.07, 6.45) is 2.36. The molecule has 2 rings (SSSR count). The Labute approximate surface area is 137 Å². The Morgan fingerprint density at radius 2 is 2.26 bits per heavy atom. The lowest BCUT2D eigenvalue weighted by atomic mass is 10.1. The number of aliphatic hydroxyl groups excluding tert-OH is 1. The van der Waals surface area contributed by atoms with Gasteiger partial charge in [0.1, 0.15) is 0 Å². The van der Waals surface area contributed by atoms with Crippen molar-refractivity contribution in [1.82, 2.24) is 10.6 Å². The van der Waals surface area contributed by atoms with Gasteiger partial charge in [0.05, 0.1) is 25.8 Å². The largest absolute Gasteiger partial charge is 0.490 e. The minimum atomic E-state index is -0.339. The van der Waals surface area contributed by atoms with Gasteiger partial charge in [-0.2, -0.15) is 0 Å². The number of aliphatic hydroxyl groups is 1. The standard InChI is InChI=1S/C17H26FN3O2/c1-3-19-17(20-8-9-22)21-12(2)14-6-7-16(15(18)10-14)23-11-13-4-5-13/h6-7,10,12-13,22H,3-5,8-9,11H2,1-2H3,(H2,19,20,21). The van der Waals surface area contributed by atoms with E-state index in [4.69, 9.17) is 9.84 Å². The Hall–Kier alpha value is -1.82. The van der Waals surface area contributed by atoms with Crippen LogP contribution in [-0.4, -0.2) is 37.4 Å². The van der Waals surface area contributed by atoms with Crippen molar-refractivity contribution in [3.8, 4) is 5.75 Å². The van der Waals surface area contributed by atoms with Crippen molar-refractivity contribution in [2.45, 2.75) is 32.7 Å². The van der Waals surface area contributed by atoms with Gasteiger partial charge in [-0.05, 0) is 50.3 Å². The molecular weight excluding hydrogens is 297 g/mol. The second kappa shape index (κ2) is 8.72. The van der Waals surface area contributed by atoms with Crippen molar-refractivity contribution in [2.75, 3.05) is 26.3 Å². The summed E-state index contributed by atoms with van der Waals surface area (Å²) in [6.45, 7) is 5.53. The third-order valence-electron chi connectivity index (χ3n) is 3.69. The Morgan fingerprint density at radius 3 is 2.87 bits per heavy atom. The van der Waals surface area contributed by atoms with Gasteiger partial charge in [0.15, 0.2) is 17.5 Å². The third kappa shape index (κ3) is 5.71. The lowest BCUT2D eigenvalue weighted by molar-refractivity contribution is 0.285. The Morgan fingerprint density at radius 1 is 1.48 bits per heavy atom. The number of hydrogen-bond acceptors (Lipinski definition) is 3. The first-order valence-electron chi connectivity index (χ1n) is 8.22. The van der Waals surface area contributed by atoms with Crippen molar-refractivity contribution in [1.29, 1.82) is 0 Å². The van der Waals surface area contributed by atoms with Crippen LogP contribution in [0.5, 0.6) is 5.75 Å². The van der Waals surface area contributed by atoms with E-state index in [1.54, 1.807) is 6.07 Å². The van der Waals surface area contributed by atoms with Crippen LogP contribution in [0.15, 0.2) is 23.2 Å². The van der Waals surface area contributed by atoms with E-state index in [0.717, 1.165) is 5.56 Å². The number of benzene rings is 1. The summed E-state index contributed by atoms with van der Waals surface area (Å²) in [4.78, 5) is 4.22. The molecule has 0 spiro atoms. The lowest BCUT2D eigenvalue weighted by Crippen LogP contribution is -2.39. The van der Waals surface area contributed by atoms with Crippen molar-refractivity contribution >= 4 is 5.96 Å². The van der Waals surface area contributed by atoms with Crippen LogP contribution in [0.3, 0.4) is 0 Å². The summed E-state index contributed by atoms with van der Waals surface area (Å²) in [5.74, 6) is 1.17. The molecule has 6 heteroatoms. The van der Waals surface area contributed by atoms with Gasteiger partial charge >= 0.3 is 0 Å². The van der Waals surface area contributed by atoms with Crippen LogP contribution in [0.2, 0.25) is 0 Å². The maximum absolute atomic E-state index is 14.1. The summed E-state index contributed by atoms with van der Waals surface area (Å²) in [7, 11) is 0. The number of aliphatic imine (C=N–C) groups is 1. The molecule has 1 saturated carbocycles. The summed E-state index contributed by atoms with van der Waals surface area (Å²) in [5, 5.41) is 15.2. The lowest BCUT2D eigenvalue weighted by Gasteiger charge is -2.19. The van der Waals surface area contributed by atoms with Gasteiger partial charge in [-0.3, -0.25) is 4.99 Å². The molecule has 1 aliphatic carbocycles. The van der Waals surface area contributed by atoms with Crippen LogP contribution in [0.4, 0.5) is 4.39 Å². The van der Waals surface area contributed by atoms with Gasteiger partial charge < -0.3 is 20.5 Å². The topological polar surface area (TPSA) is 65.9 Å². The summed E-state index contributed by atoms with van der Waals surface area (Å²) in [5.41, 5.74) is 0.816. The average molecular weight is 323 g/mol. The maximum atomic E-state index is 14.1. The van der Waals surface area contributed by atoms with E-state index in [0.29, 0.717) is 37.3 Å². The second-order valence-electron chi connectivity index (χ2n) is 5.79. The molecule has 3 N–H and O–H groups in total. The first-order valence-corrected chi connectivity index (χ1v) is 8.22. The molecule has 23 heavy (non-hydrogen) atoms. The zero-order valence-corrected chi connectivity index (χ0v) is 13.8. The molecule has 1 unspecified atom stereocenters. The molecule has 0 amide bonds. The van der Waals surface area contributed by atoms with Crippen LogP contribution in [-0.2, 0) is 0 Å². The van der Waals surface area contributed by atoms with Gasteiger partial charge in [-0.15, -0.1) is 0 Å². The number of nitrogens with zero attached hydrogens (tertiary/aromatic N) is 1. The van der Waals surface area contributed by atoms with E-state index in [2.05, 4.69) is 15.6 Å². The van der Waals surface area contributed by atoms with E-state index < -0.39 is 0 Å². The molecule has 1 aliphatic rings. The molecule has 0 aliphatic heterocycles. The number of guanidine groups is 1. The molecule has 128 valence electrons. The highest BCUT2D eigenvalue weighted by atomic mass is 19.1. The highest BCUT2D eigenvalue weighted by Gasteiger charge is 2.22. The van der Waals surface area contributed by atoms with Crippen LogP contribution < -0.4 is 15.4 Å². The third-order valence-corrected chi connectivity index (χ3v) is 3.69. The smallest absolute Gasteiger partial charge is 0.191 e. The molecule has 1 atom stereocenters. The number of hydrogen-bond donors (Lipinski definition) is 3. The molecule has 1 aromatic carbocycles. The molecule has 0 heterocycles. The summed E-state index contributed by atoms with van der Waals surface area (Å²) in [6, 6.07) is 4.93. The molecular formula is C17H26FN3O2. The van der Waals surface area contributed by atoms with E-state index in [9.17, 15) is 4.39 Å². The number of nitrogens with one attached hydrogen (secondary N) is 2. The molecule has 5 nitrogen and oxygen atoms in total. The molecule has 1 aromatic rings. The quantitative estimate of drug-likeness (QED) is 0.507. The van der Waals surface area contributed by atoms with Crippen molar-refractivity contribution < 1.29 is 14.2 Å². The summed E-state index contributed by atoms with van der Waals surface area (Å²) < 4.78 is 19.6. The SMILES string of the molecule is CCNC(=NCCO)NC(C)c1ccc(OCC2CC2)c(F)c1. The molecule has 0 bridgehead atoms. The first-order chi connectivity index (χ1) is 11.1. The van der Waals surface area contributed by atoms with Gasteiger partial charge in [0, 0.05) is 6.54 Å². The Balaban J connectivity index is 1.97. The second-order valence-corrected chi connectivity index (χ2v) is 5.79. The van der Waals surface area contributed by atoms with Gasteiger partial charge in [0.2, 0.25) is 0 Å². The predicted octanol–water partition coefficient (Wildman–Crippen LogP) is 2.22. The first kappa shape index (κ1) is 17.5. The minimum absolute atomic E-state index is 0.00733. The fourth-order valence-corrected chi connectivity index (χ4v) is 2.17. The van der Waals surface area contributed by atoms with E-state index in [1.807, 2.05) is 19.9 Å². The van der Waals surface area contributed by atoms with Crippen molar-refractivity contribution in [2.24, 2.45) is 10.9 Å². The highest BCUT2D eigenvalue weighted by Crippen LogP contribution is 2.30. The van der Waals surface area contributed by atoms with Gasteiger partial charge in [-0.25, -0.2) is 4.39 Å². The van der Waals surface area contributed by atoms with Crippen LogP contribution in [0.1, 0.15) is 38.3 Å². The normalized spacial score (nSPS) is 16.1. The van der Waals surface area contributed by atoms with Gasteiger partial charge in [-0.1, -0.05) is 6.07 Å². The highest BCUT2D eigenvalue weighted by molar-refractivity contribution is 5.80.